The first-order chi connectivity index (χ1) is 12.2. The third-order valence-electron chi connectivity index (χ3n) is 4.86. The Bertz CT molecular complexity index is 709. The van der Waals surface area contributed by atoms with Crippen molar-refractivity contribution >= 4 is 6.34 Å². The Morgan fingerprint density at radius 2 is 1.76 bits per heavy atom. The van der Waals surface area contributed by atoms with Gasteiger partial charge in [0.2, 0.25) is 6.34 Å². The molecule has 0 fully saturated rings. The van der Waals surface area contributed by atoms with Crippen LogP contribution in [0.25, 0.3) is 11.1 Å². The van der Waals surface area contributed by atoms with Gasteiger partial charge in [-0.05, 0) is 23.5 Å². The standard InChI is InChI=1S/C22H29N2O/c1-18(2)14-21(16-25)24-13-12-23(17-24)15-20-10-6-7-11-22(20)19-8-4-3-5-9-19/h3-11,17-18,21,25H,12-16H2,1-2H3/q+1/t21-/m0/s1. The lowest BCUT2D eigenvalue weighted by Crippen LogP contribution is -2.36. The zero-order valence-electron chi connectivity index (χ0n) is 15.3. The van der Waals surface area contributed by atoms with E-state index >= 15 is 0 Å². The second-order valence-corrected chi connectivity index (χ2v) is 7.31. The molecular weight excluding hydrogens is 308 g/mol. The van der Waals surface area contributed by atoms with E-state index in [1.165, 1.54) is 16.7 Å². The van der Waals surface area contributed by atoms with Gasteiger partial charge in [-0.1, -0.05) is 68.4 Å². The van der Waals surface area contributed by atoms with Crippen molar-refractivity contribution in [3.63, 3.8) is 0 Å². The predicted octanol–water partition coefficient (Wildman–Crippen LogP) is 3.62. The van der Waals surface area contributed by atoms with Crippen LogP contribution >= 0.6 is 0 Å². The first kappa shape index (κ1) is 17.7. The smallest absolute Gasteiger partial charge is 0.234 e. The molecule has 1 N–H and O–H groups in total. The summed E-state index contributed by atoms with van der Waals surface area (Å²) < 4.78 is 2.37. The Balaban J connectivity index is 1.76. The molecule has 3 heteroatoms. The van der Waals surface area contributed by atoms with Crippen LogP contribution in [-0.4, -0.2) is 46.7 Å². The van der Waals surface area contributed by atoms with E-state index in [4.69, 9.17) is 0 Å². The summed E-state index contributed by atoms with van der Waals surface area (Å²) in [6.07, 6.45) is 3.24. The summed E-state index contributed by atoms with van der Waals surface area (Å²) in [5, 5.41) is 9.72. The van der Waals surface area contributed by atoms with Gasteiger partial charge in [0.25, 0.3) is 0 Å². The van der Waals surface area contributed by atoms with Crippen molar-refractivity contribution in [2.75, 3.05) is 19.7 Å². The number of hydrogen-bond acceptors (Lipinski definition) is 2. The van der Waals surface area contributed by atoms with Crippen molar-refractivity contribution < 1.29 is 9.68 Å². The molecule has 0 amide bonds. The maximum Gasteiger partial charge on any atom is 0.234 e. The van der Waals surface area contributed by atoms with Gasteiger partial charge in [-0.15, -0.1) is 0 Å². The van der Waals surface area contributed by atoms with E-state index < -0.39 is 0 Å². The van der Waals surface area contributed by atoms with Crippen molar-refractivity contribution in [1.82, 2.24) is 4.90 Å². The highest BCUT2D eigenvalue weighted by Crippen LogP contribution is 2.24. The highest BCUT2D eigenvalue weighted by atomic mass is 16.3. The molecule has 3 nitrogen and oxygen atoms in total. The van der Waals surface area contributed by atoms with Crippen LogP contribution in [0.3, 0.4) is 0 Å². The van der Waals surface area contributed by atoms with Gasteiger partial charge in [-0.3, -0.25) is 9.48 Å². The van der Waals surface area contributed by atoms with E-state index in [0.717, 1.165) is 26.1 Å². The normalized spacial score (nSPS) is 15.5. The van der Waals surface area contributed by atoms with Crippen LogP contribution in [0.2, 0.25) is 0 Å². The number of nitrogens with zero attached hydrogens (tertiary/aromatic N) is 2. The van der Waals surface area contributed by atoms with Gasteiger partial charge in [0.15, 0.2) is 0 Å². The molecule has 0 aromatic heterocycles. The molecule has 0 unspecified atom stereocenters. The predicted molar refractivity (Wildman–Crippen MR) is 104 cm³/mol. The van der Waals surface area contributed by atoms with Crippen LogP contribution in [0.5, 0.6) is 0 Å². The molecular formula is C22H29N2O+. The summed E-state index contributed by atoms with van der Waals surface area (Å²) >= 11 is 0. The van der Waals surface area contributed by atoms with Gasteiger partial charge in [0.05, 0.1) is 6.61 Å². The Hall–Kier alpha value is -2.13. The summed E-state index contributed by atoms with van der Waals surface area (Å²) in [7, 11) is 0. The van der Waals surface area contributed by atoms with E-state index in [9.17, 15) is 5.11 Å². The average molecular weight is 337 g/mol. The fraction of sp³-hybridized carbons (Fsp3) is 0.409. The highest BCUT2D eigenvalue weighted by molar-refractivity contribution is 5.67. The molecule has 1 aliphatic rings. The van der Waals surface area contributed by atoms with E-state index in [1.54, 1.807) is 0 Å². The lowest BCUT2D eigenvalue weighted by atomic mass is 10.00. The van der Waals surface area contributed by atoms with Crippen LogP contribution < -0.4 is 0 Å². The summed E-state index contributed by atoms with van der Waals surface area (Å²) in [5.41, 5.74) is 3.91. The molecule has 2 aromatic rings. The van der Waals surface area contributed by atoms with Crippen LogP contribution in [0.1, 0.15) is 25.8 Å². The van der Waals surface area contributed by atoms with Crippen LogP contribution in [-0.2, 0) is 6.54 Å². The van der Waals surface area contributed by atoms with Gasteiger partial charge >= 0.3 is 0 Å². The summed E-state index contributed by atoms with van der Waals surface area (Å²) in [4.78, 5) is 2.31. The molecule has 0 bridgehead atoms. The van der Waals surface area contributed by atoms with Crippen molar-refractivity contribution in [3.8, 4) is 11.1 Å². The minimum absolute atomic E-state index is 0.225. The molecule has 1 atom stereocenters. The summed E-state index contributed by atoms with van der Waals surface area (Å²) in [6.45, 7) is 7.56. The Morgan fingerprint density at radius 1 is 1.04 bits per heavy atom. The molecule has 0 spiro atoms. The maximum atomic E-state index is 9.72. The highest BCUT2D eigenvalue weighted by Gasteiger charge is 2.28. The Kier molecular flexibility index (Phi) is 5.87. The van der Waals surface area contributed by atoms with E-state index in [1.807, 2.05) is 0 Å². The van der Waals surface area contributed by atoms with Gasteiger partial charge in [-0.2, -0.15) is 0 Å². The second-order valence-electron chi connectivity index (χ2n) is 7.31. The van der Waals surface area contributed by atoms with Crippen LogP contribution in [0.4, 0.5) is 0 Å². The van der Waals surface area contributed by atoms with Gasteiger partial charge in [0, 0.05) is 5.56 Å². The zero-order valence-corrected chi connectivity index (χ0v) is 15.3. The lowest BCUT2D eigenvalue weighted by Gasteiger charge is -2.20. The second kappa shape index (κ2) is 8.30. The van der Waals surface area contributed by atoms with Crippen molar-refractivity contribution in [2.24, 2.45) is 5.92 Å². The largest absolute Gasteiger partial charge is 0.392 e. The minimum atomic E-state index is 0.225. The molecule has 25 heavy (non-hydrogen) atoms. The topological polar surface area (TPSA) is 26.5 Å². The van der Waals surface area contributed by atoms with Crippen molar-refractivity contribution in [1.29, 1.82) is 0 Å². The molecule has 0 saturated carbocycles. The van der Waals surface area contributed by atoms with Crippen molar-refractivity contribution in [2.45, 2.75) is 32.9 Å². The number of rotatable bonds is 7. The molecule has 2 aromatic carbocycles. The van der Waals surface area contributed by atoms with Crippen molar-refractivity contribution in [3.05, 3.63) is 60.2 Å². The number of aliphatic hydroxyl groups excluding tert-OH is 1. The Labute approximate surface area is 151 Å². The zero-order chi connectivity index (χ0) is 17.6. The number of benzene rings is 2. The molecule has 0 radical (unpaired) electrons. The molecule has 0 saturated heterocycles. The molecule has 3 rings (SSSR count). The first-order valence-electron chi connectivity index (χ1n) is 9.26. The quantitative estimate of drug-likeness (QED) is 0.781. The van der Waals surface area contributed by atoms with Crippen LogP contribution in [0, 0.1) is 5.92 Å². The van der Waals surface area contributed by atoms with E-state index in [-0.39, 0.29) is 12.6 Å². The summed E-state index contributed by atoms with van der Waals surface area (Å²) in [6, 6.07) is 19.5. The van der Waals surface area contributed by atoms with E-state index in [0.29, 0.717) is 5.92 Å². The van der Waals surface area contributed by atoms with E-state index in [2.05, 4.69) is 84.3 Å². The average Bonchev–Trinajstić information content (AvgIpc) is 3.09. The van der Waals surface area contributed by atoms with Gasteiger partial charge in [0.1, 0.15) is 25.7 Å². The third kappa shape index (κ3) is 4.49. The fourth-order valence-electron chi connectivity index (χ4n) is 3.60. The molecule has 0 aliphatic carbocycles. The van der Waals surface area contributed by atoms with Crippen LogP contribution in [0.15, 0.2) is 54.6 Å². The fourth-order valence-corrected chi connectivity index (χ4v) is 3.60. The Morgan fingerprint density at radius 3 is 2.48 bits per heavy atom. The third-order valence-corrected chi connectivity index (χ3v) is 4.86. The molecule has 1 heterocycles. The monoisotopic (exact) mass is 337 g/mol. The minimum Gasteiger partial charge on any atom is -0.392 e. The number of aliphatic hydroxyl groups is 1. The first-order valence-corrected chi connectivity index (χ1v) is 9.26. The van der Waals surface area contributed by atoms with Gasteiger partial charge in [-0.25, -0.2) is 0 Å². The lowest BCUT2D eigenvalue weighted by molar-refractivity contribution is -0.530. The molecule has 132 valence electrons. The molecule has 1 aliphatic heterocycles. The number of hydrogen-bond donors (Lipinski definition) is 1. The van der Waals surface area contributed by atoms with Gasteiger partial charge < -0.3 is 5.11 Å². The summed E-state index contributed by atoms with van der Waals surface area (Å²) in [5.74, 6) is 0.596. The SMILES string of the molecule is CC(C)C[C@@H](CO)N1C=[N+](Cc2ccccc2-c2ccccc2)CC1. The maximum absolute atomic E-state index is 9.72.